The second-order valence-corrected chi connectivity index (χ2v) is 5.47. The lowest BCUT2D eigenvalue weighted by Gasteiger charge is -2.35. The lowest BCUT2D eigenvalue weighted by Crippen LogP contribution is -2.42. The molecular formula is C13H30N2O. The van der Waals surface area contributed by atoms with Crippen LogP contribution in [0.25, 0.3) is 0 Å². The van der Waals surface area contributed by atoms with Crippen molar-refractivity contribution in [1.82, 2.24) is 10.2 Å². The third kappa shape index (κ3) is 7.20. The molecule has 0 heterocycles. The summed E-state index contributed by atoms with van der Waals surface area (Å²) in [5, 5.41) is 3.39. The number of nitrogens with zero attached hydrogens (tertiary/aromatic N) is 1. The van der Waals surface area contributed by atoms with Crippen LogP contribution in [-0.4, -0.2) is 50.8 Å². The van der Waals surface area contributed by atoms with E-state index in [-0.39, 0.29) is 0 Å². The zero-order valence-electron chi connectivity index (χ0n) is 12.0. The van der Waals surface area contributed by atoms with Crippen molar-refractivity contribution in [3.05, 3.63) is 0 Å². The molecular weight excluding hydrogens is 200 g/mol. The van der Waals surface area contributed by atoms with Gasteiger partial charge in [0.25, 0.3) is 0 Å². The molecule has 0 radical (unpaired) electrons. The van der Waals surface area contributed by atoms with E-state index in [1.807, 2.05) is 6.92 Å². The van der Waals surface area contributed by atoms with E-state index in [0.717, 1.165) is 32.8 Å². The van der Waals surface area contributed by atoms with E-state index >= 15 is 0 Å². The average molecular weight is 230 g/mol. The molecule has 98 valence electrons. The van der Waals surface area contributed by atoms with Crippen molar-refractivity contribution in [2.24, 2.45) is 5.41 Å². The number of hydrogen-bond donors (Lipinski definition) is 1. The molecule has 0 saturated carbocycles. The lowest BCUT2D eigenvalue weighted by molar-refractivity contribution is 0.134. The zero-order chi connectivity index (χ0) is 12.6. The van der Waals surface area contributed by atoms with Crippen LogP contribution in [0.1, 0.15) is 34.6 Å². The van der Waals surface area contributed by atoms with Crippen LogP contribution >= 0.6 is 0 Å². The largest absolute Gasteiger partial charge is 0.380 e. The average Bonchev–Trinajstić information content (AvgIpc) is 2.20. The fourth-order valence-electron chi connectivity index (χ4n) is 1.52. The summed E-state index contributed by atoms with van der Waals surface area (Å²) in [5.74, 6) is 0. The van der Waals surface area contributed by atoms with Gasteiger partial charge in [-0.3, -0.25) is 0 Å². The minimum atomic E-state index is 0.347. The Morgan fingerprint density at radius 2 is 1.88 bits per heavy atom. The van der Waals surface area contributed by atoms with E-state index in [9.17, 15) is 0 Å². The van der Waals surface area contributed by atoms with Crippen molar-refractivity contribution in [3.8, 4) is 0 Å². The van der Waals surface area contributed by atoms with Gasteiger partial charge in [-0.25, -0.2) is 0 Å². The van der Waals surface area contributed by atoms with Crippen LogP contribution in [0.3, 0.4) is 0 Å². The van der Waals surface area contributed by atoms with Gasteiger partial charge in [0.1, 0.15) is 0 Å². The molecule has 1 N–H and O–H groups in total. The first-order chi connectivity index (χ1) is 7.39. The highest BCUT2D eigenvalue weighted by molar-refractivity contribution is 4.77. The Morgan fingerprint density at radius 3 is 2.38 bits per heavy atom. The van der Waals surface area contributed by atoms with Gasteiger partial charge >= 0.3 is 0 Å². The molecule has 0 aliphatic rings. The van der Waals surface area contributed by atoms with Gasteiger partial charge in [0.2, 0.25) is 0 Å². The van der Waals surface area contributed by atoms with Crippen molar-refractivity contribution < 1.29 is 4.74 Å². The van der Waals surface area contributed by atoms with Crippen molar-refractivity contribution in [2.45, 2.75) is 40.7 Å². The van der Waals surface area contributed by atoms with Crippen molar-refractivity contribution in [2.75, 3.05) is 39.9 Å². The summed E-state index contributed by atoms with van der Waals surface area (Å²) in [6, 6.07) is 0.598. The molecule has 0 aromatic carbocycles. The lowest BCUT2D eigenvalue weighted by atomic mass is 9.87. The number of hydrogen-bond acceptors (Lipinski definition) is 3. The van der Waals surface area contributed by atoms with E-state index < -0.39 is 0 Å². The molecule has 16 heavy (non-hydrogen) atoms. The van der Waals surface area contributed by atoms with Crippen molar-refractivity contribution in [1.29, 1.82) is 0 Å². The molecule has 3 nitrogen and oxygen atoms in total. The standard InChI is InChI=1S/C13H30N2O/c1-7-16-11-9-14-8-10-15(6)12(2)13(3,4)5/h12,14H,7-11H2,1-6H3. The summed E-state index contributed by atoms with van der Waals surface area (Å²) in [6.45, 7) is 15.9. The molecule has 0 fully saturated rings. The molecule has 0 rings (SSSR count). The van der Waals surface area contributed by atoms with Gasteiger partial charge in [0.05, 0.1) is 6.61 Å². The molecule has 0 bridgehead atoms. The Hall–Kier alpha value is -0.120. The summed E-state index contributed by atoms with van der Waals surface area (Å²) < 4.78 is 5.27. The van der Waals surface area contributed by atoms with Crippen LogP contribution in [0.4, 0.5) is 0 Å². The zero-order valence-corrected chi connectivity index (χ0v) is 12.0. The summed E-state index contributed by atoms with van der Waals surface area (Å²) >= 11 is 0. The van der Waals surface area contributed by atoms with Gasteiger partial charge < -0.3 is 15.0 Å². The molecule has 0 aromatic rings. The summed E-state index contributed by atoms with van der Waals surface area (Å²) in [7, 11) is 2.19. The fraction of sp³-hybridized carbons (Fsp3) is 1.00. The molecule has 0 aliphatic heterocycles. The number of nitrogens with one attached hydrogen (secondary N) is 1. The minimum Gasteiger partial charge on any atom is -0.380 e. The van der Waals surface area contributed by atoms with E-state index in [0.29, 0.717) is 11.5 Å². The highest BCUT2D eigenvalue weighted by Gasteiger charge is 2.23. The Balaban J connectivity index is 3.54. The maximum Gasteiger partial charge on any atom is 0.0590 e. The predicted molar refractivity (Wildman–Crippen MR) is 70.9 cm³/mol. The second kappa shape index (κ2) is 8.04. The normalized spacial score (nSPS) is 14.4. The Kier molecular flexibility index (Phi) is 7.98. The topological polar surface area (TPSA) is 24.5 Å². The van der Waals surface area contributed by atoms with Gasteiger partial charge in [-0.15, -0.1) is 0 Å². The highest BCUT2D eigenvalue weighted by Crippen LogP contribution is 2.22. The smallest absolute Gasteiger partial charge is 0.0590 e. The molecule has 1 atom stereocenters. The summed E-state index contributed by atoms with van der Waals surface area (Å²) in [5.41, 5.74) is 0.347. The van der Waals surface area contributed by atoms with Gasteiger partial charge in [-0.05, 0) is 26.3 Å². The highest BCUT2D eigenvalue weighted by atomic mass is 16.5. The predicted octanol–water partition coefficient (Wildman–Crippen LogP) is 1.98. The van der Waals surface area contributed by atoms with E-state index in [1.165, 1.54) is 0 Å². The van der Waals surface area contributed by atoms with Crippen LogP contribution in [0.2, 0.25) is 0 Å². The molecule has 1 unspecified atom stereocenters. The molecule has 3 heteroatoms. The Labute approximate surface area is 102 Å². The van der Waals surface area contributed by atoms with Crippen LogP contribution in [0.15, 0.2) is 0 Å². The first-order valence-corrected chi connectivity index (χ1v) is 6.38. The number of ether oxygens (including phenoxy) is 1. The maximum absolute atomic E-state index is 5.27. The van der Waals surface area contributed by atoms with Gasteiger partial charge in [-0.1, -0.05) is 20.8 Å². The van der Waals surface area contributed by atoms with E-state index in [4.69, 9.17) is 4.74 Å². The van der Waals surface area contributed by atoms with Gasteiger partial charge in [-0.2, -0.15) is 0 Å². The van der Waals surface area contributed by atoms with Crippen LogP contribution in [0, 0.1) is 5.41 Å². The fourth-order valence-corrected chi connectivity index (χ4v) is 1.52. The van der Waals surface area contributed by atoms with Gasteiger partial charge in [0.15, 0.2) is 0 Å². The third-order valence-corrected chi connectivity index (χ3v) is 3.18. The quantitative estimate of drug-likeness (QED) is 0.645. The SMILES string of the molecule is CCOCCNCCN(C)C(C)C(C)(C)C. The number of likely N-dealkylation sites (N-methyl/N-ethyl adjacent to an activating group) is 1. The van der Waals surface area contributed by atoms with Gasteiger partial charge in [0, 0.05) is 32.3 Å². The molecule has 0 amide bonds. The minimum absolute atomic E-state index is 0.347. The molecule has 0 aliphatic carbocycles. The van der Waals surface area contributed by atoms with Crippen LogP contribution in [-0.2, 0) is 4.74 Å². The van der Waals surface area contributed by atoms with Crippen LogP contribution < -0.4 is 5.32 Å². The first-order valence-electron chi connectivity index (χ1n) is 6.38. The summed E-state index contributed by atoms with van der Waals surface area (Å²) in [6.07, 6.45) is 0. The molecule has 0 aromatic heterocycles. The first kappa shape index (κ1) is 15.9. The van der Waals surface area contributed by atoms with Crippen LogP contribution in [0.5, 0.6) is 0 Å². The Bertz CT molecular complexity index is 166. The van der Waals surface area contributed by atoms with Crippen molar-refractivity contribution in [3.63, 3.8) is 0 Å². The Morgan fingerprint density at radius 1 is 1.25 bits per heavy atom. The third-order valence-electron chi connectivity index (χ3n) is 3.18. The summed E-state index contributed by atoms with van der Waals surface area (Å²) in [4.78, 5) is 2.41. The van der Waals surface area contributed by atoms with E-state index in [2.05, 4.69) is 45.0 Å². The number of rotatable bonds is 8. The maximum atomic E-state index is 5.27. The van der Waals surface area contributed by atoms with E-state index in [1.54, 1.807) is 0 Å². The monoisotopic (exact) mass is 230 g/mol. The molecule has 0 spiro atoms. The second-order valence-electron chi connectivity index (χ2n) is 5.47. The molecule has 0 saturated heterocycles. The van der Waals surface area contributed by atoms with Crippen molar-refractivity contribution >= 4 is 0 Å².